The molecule has 6 heteroatoms. The second-order valence-electron chi connectivity index (χ2n) is 8.27. The van der Waals surface area contributed by atoms with Crippen LogP contribution >= 0.6 is 0 Å². The Morgan fingerprint density at radius 2 is 1.83 bits per heavy atom. The molecule has 1 atom stereocenters. The average molecular weight is 409 g/mol. The number of urea groups is 1. The molecule has 0 saturated carbocycles. The number of rotatable bonds is 5. The van der Waals surface area contributed by atoms with E-state index in [9.17, 15) is 4.79 Å². The van der Waals surface area contributed by atoms with E-state index in [4.69, 9.17) is 4.74 Å². The Bertz CT molecular complexity index is 844. The van der Waals surface area contributed by atoms with Gasteiger partial charge in [0, 0.05) is 65.7 Å². The summed E-state index contributed by atoms with van der Waals surface area (Å²) in [4.78, 5) is 22.0. The molecule has 0 spiro atoms. The van der Waals surface area contributed by atoms with Crippen LogP contribution in [0.4, 0.5) is 10.5 Å². The van der Waals surface area contributed by atoms with E-state index in [1.165, 1.54) is 16.8 Å². The summed E-state index contributed by atoms with van der Waals surface area (Å²) >= 11 is 0. The lowest BCUT2D eigenvalue weighted by molar-refractivity contribution is 0.126. The lowest BCUT2D eigenvalue weighted by Gasteiger charge is -2.43. The zero-order chi connectivity index (χ0) is 20.9. The van der Waals surface area contributed by atoms with Gasteiger partial charge in [-0.1, -0.05) is 48.5 Å². The van der Waals surface area contributed by atoms with Crippen LogP contribution in [0.15, 0.2) is 54.6 Å². The van der Waals surface area contributed by atoms with Gasteiger partial charge in [-0.05, 0) is 17.2 Å². The number of ether oxygens (including phenoxy) is 1. The highest BCUT2D eigenvalue weighted by atomic mass is 16.5. The number of anilines is 1. The van der Waals surface area contributed by atoms with Crippen molar-refractivity contribution in [3.05, 3.63) is 65.7 Å². The fourth-order valence-corrected chi connectivity index (χ4v) is 4.54. The minimum atomic E-state index is 0.0730. The van der Waals surface area contributed by atoms with Crippen LogP contribution in [0.2, 0.25) is 0 Å². The average Bonchev–Trinajstić information content (AvgIpc) is 2.94. The Morgan fingerprint density at radius 3 is 2.63 bits per heavy atom. The Balaban J connectivity index is 1.53. The van der Waals surface area contributed by atoms with Crippen molar-refractivity contribution in [2.45, 2.75) is 19.1 Å². The molecule has 2 heterocycles. The smallest absolute Gasteiger partial charge is 0.320 e. The summed E-state index contributed by atoms with van der Waals surface area (Å²) in [5.74, 6) is 0. The van der Waals surface area contributed by atoms with Gasteiger partial charge in [0.2, 0.25) is 0 Å². The number of carbonyl (C=O) groups is 1. The van der Waals surface area contributed by atoms with Crippen molar-refractivity contribution >= 4 is 11.7 Å². The molecule has 2 aliphatic rings. The van der Waals surface area contributed by atoms with E-state index >= 15 is 0 Å². The summed E-state index contributed by atoms with van der Waals surface area (Å²) < 4.78 is 5.16. The molecule has 1 saturated heterocycles. The van der Waals surface area contributed by atoms with Gasteiger partial charge in [0.15, 0.2) is 0 Å². The van der Waals surface area contributed by atoms with Crippen LogP contribution in [0.3, 0.4) is 0 Å². The van der Waals surface area contributed by atoms with Crippen LogP contribution < -0.4 is 4.90 Å². The predicted molar refractivity (Wildman–Crippen MR) is 120 cm³/mol. The molecule has 6 nitrogen and oxygen atoms in total. The topological polar surface area (TPSA) is 39.3 Å². The summed E-state index contributed by atoms with van der Waals surface area (Å²) in [6.07, 6.45) is 0. The van der Waals surface area contributed by atoms with Gasteiger partial charge >= 0.3 is 6.03 Å². The Kier molecular flexibility index (Phi) is 6.55. The Morgan fingerprint density at radius 1 is 1.07 bits per heavy atom. The Hall–Kier alpha value is -2.57. The van der Waals surface area contributed by atoms with Gasteiger partial charge in [0.05, 0.1) is 12.6 Å². The summed E-state index contributed by atoms with van der Waals surface area (Å²) in [6, 6.07) is 19.5. The molecule has 0 aromatic heterocycles. The normalized spacial score (nSPS) is 19.1. The van der Waals surface area contributed by atoms with Crippen molar-refractivity contribution in [1.82, 2.24) is 14.7 Å². The molecular weight excluding hydrogens is 376 g/mol. The molecule has 4 rings (SSSR count). The molecule has 2 aromatic carbocycles. The van der Waals surface area contributed by atoms with Crippen LogP contribution in [0.25, 0.3) is 0 Å². The van der Waals surface area contributed by atoms with Crippen molar-refractivity contribution in [3.8, 4) is 0 Å². The van der Waals surface area contributed by atoms with E-state index in [2.05, 4.69) is 64.4 Å². The number of nitrogens with zero attached hydrogens (tertiary/aromatic N) is 4. The molecule has 2 aliphatic heterocycles. The van der Waals surface area contributed by atoms with Gasteiger partial charge < -0.3 is 19.4 Å². The molecule has 160 valence electrons. The summed E-state index contributed by atoms with van der Waals surface area (Å²) in [5.41, 5.74) is 3.84. The molecule has 2 amide bonds. The van der Waals surface area contributed by atoms with E-state index in [0.717, 1.165) is 32.7 Å². The number of piperazine rings is 1. The maximum atomic E-state index is 13.2. The zero-order valence-corrected chi connectivity index (χ0v) is 18.0. The molecule has 1 unspecified atom stereocenters. The first-order valence-electron chi connectivity index (χ1n) is 10.8. The highest BCUT2D eigenvalue weighted by Crippen LogP contribution is 2.30. The van der Waals surface area contributed by atoms with E-state index < -0.39 is 0 Å². The van der Waals surface area contributed by atoms with E-state index in [1.807, 2.05) is 11.9 Å². The van der Waals surface area contributed by atoms with Gasteiger partial charge in [-0.3, -0.25) is 4.90 Å². The largest absolute Gasteiger partial charge is 0.383 e. The van der Waals surface area contributed by atoms with Crippen molar-refractivity contribution in [1.29, 1.82) is 0 Å². The second kappa shape index (κ2) is 9.49. The van der Waals surface area contributed by atoms with Crippen molar-refractivity contribution in [3.63, 3.8) is 0 Å². The highest BCUT2D eigenvalue weighted by molar-refractivity contribution is 5.75. The van der Waals surface area contributed by atoms with Crippen LogP contribution in [0.1, 0.15) is 11.1 Å². The number of fused-ring (bicyclic) bond motifs is 3. The number of amides is 2. The monoisotopic (exact) mass is 408 g/mol. The van der Waals surface area contributed by atoms with Crippen LogP contribution in [0.5, 0.6) is 0 Å². The lowest BCUT2D eigenvalue weighted by Crippen LogP contribution is -2.57. The molecule has 0 N–H and O–H groups in total. The van der Waals surface area contributed by atoms with Crippen LogP contribution in [0, 0.1) is 0 Å². The van der Waals surface area contributed by atoms with Gasteiger partial charge in [-0.15, -0.1) is 0 Å². The van der Waals surface area contributed by atoms with Gasteiger partial charge in [0.25, 0.3) is 0 Å². The first-order valence-corrected chi connectivity index (χ1v) is 10.8. The summed E-state index contributed by atoms with van der Waals surface area (Å²) in [7, 11) is 3.53. The predicted octanol–water partition coefficient (Wildman–Crippen LogP) is 2.89. The minimum absolute atomic E-state index is 0.0730. The molecule has 30 heavy (non-hydrogen) atoms. The van der Waals surface area contributed by atoms with Gasteiger partial charge in [0.1, 0.15) is 0 Å². The number of hydrogen-bond donors (Lipinski definition) is 0. The second-order valence-corrected chi connectivity index (χ2v) is 8.27. The standard InChI is InChI=1S/C24H32N4O2/c1-25(14-15-30-2)24(29)27-17-21-10-6-7-11-23(21)28-13-12-26(18-22(28)19-27)16-20-8-4-3-5-9-20/h3-11,22H,12-19H2,1-2H3. The SMILES string of the molecule is COCCN(C)C(=O)N1Cc2ccccc2N2CCN(Cc3ccccc3)CC2C1. The molecule has 2 aromatic rings. The quantitative estimate of drug-likeness (QED) is 0.763. The third-order valence-electron chi connectivity index (χ3n) is 6.14. The van der Waals surface area contributed by atoms with Crippen molar-refractivity contribution in [2.75, 3.05) is 58.4 Å². The van der Waals surface area contributed by atoms with Gasteiger partial charge in [-0.2, -0.15) is 0 Å². The first-order chi connectivity index (χ1) is 14.7. The molecule has 0 radical (unpaired) electrons. The number of methoxy groups -OCH3 is 1. The summed E-state index contributed by atoms with van der Waals surface area (Å²) in [6.45, 7) is 6.45. The molecule has 0 bridgehead atoms. The lowest BCUT2D eigenvalue weighted by atomic mass is 10.1. The molecular formula is C24H32N4O2. The van der Waals surface area contributed by atoms with Crippen LogP contribution in [-0.2, 0) is 17.8 Å². The maximum Gasteiger partial charge on any atom is 0.320 e. The fraction of sp³-hybridized carbons (Fsp3) is 0.458. The molecule has 0 aliphatic carbocycles. The number of hydrogen-bond acceptors (Lipinski definition) is 4. The zero-order valence-electron chi connectivity index (χ0n) is 18.0. The summed E-state index contributed by atoms with van der Waals surface area (Å²) in [5, 5.41) is 0. The number of carbonyl (C=O) groups excluding carboxylic acids is 1. The first kappa shape index (κ1) is 20.7. The highest BCUT2D eigenvalue weighted by Gasteiger charge is 2.34. The van der Waals surface area contributed by atoms with E-state index in [-0.39, 0.29) is 12.1 Å². The maximum absolute atomic E-state index is 13.2. The van der Waals surface area contributed by atoms with E-state index in [0.29, 0.717) is 19.7 Å². The number of benzene rings is 2. The van der Waals surface area contributed by atoms with E-state index in [1.54, 1.807) is 12.0 Å². The van der Waals surface area contributed by atoms with Gasteiger partial charge in [-0.25, -0.2) is 4.79 Å². The third-order valence-corrected chi connectivity index (χ3v) is 6.14. The third kappa shape index (κ3) is 4.60. The fourth-order valence-electron chi connectivity index (χ4n) is 4.54. The van der Waals surface area contributed by atoms with Crippen molar-refractivity contribution < 1.29 is 9.53 Å². The number of likely N-dealkylation sites (N-methyl/N-ethyl adjacent to an activating group) is 1. The van der Waals surface area contributed by atoms with Crippen molar-refractivity contribution in [2.24, 2.45) is 0 Å². The molecule has 1 fully saturated rings. The Labute approximate surface area is 179 Å². The number of para-hydroxylation sites is 1. The minimum Gasteiger partial charge on any atom is -0.383 e. The van der Waals surface area contributed by atoms with Crippen LogP contribution in [-0.4, -0.2) is 80.3 Å².